The molecule has 0 fully saturated rings. The summed E-state index contributed by atoms with van der Waals surface area (Å²) in [6, 6.07) is 19.3. The van der Waals surface area contributed by atoms with Crippen LogP contribution in [0.3, 0.4) is 0 Å². The predicted molar refractivity (Wildman–Crippen MR) is 79.4 cm³/mol. The van der Waals surface area contributed by atoms with Gasteiger partial charge in [0, 0.05) is 6.42 Å². The molecule has 1 heterocycles. The highest BCUT2D eigenvalue weighted by molar-refractivity contribution is 5.76. The molecule has 0 N–H and O–H groups in total. The van der Waals surface area contributed by atoms with Gasteiger partial charge in [0.05, 0.1) is 17.1 Å². The highest BCUT2D eigenvalue weighted by Crippen LogP contribution is 2.26. The Morgan fingerprint density at radius 1 is 1.00 bits per heavy atom. The zero-order valence-corrected chi connectivity index (χ0v) is 11.4. The third kappa shape index (κ3) is 2.03. The number of para-hydroxylation sites is 2. The van der Waals surface area contributed by atoms with Gasteiger partial charge >= 0.3 is 0 Å². The van der Waals surface area contributed by atoms with Gasteiger partial charge < -0.3 is 4.57 Å². The van der Waals surface area contributed by atoms with Crippen LogP contribution in [0.1, 0.15) is 31.3 Å². The maximum Gasteiger partial charge on any atom is 0.110 e. The van der Waals surface area contributed by atoms with E-state index in [4.69, 9.17) is 4.98 Å². The number of benzene rings is 2. The molecular weight excluding hydrogens is 232 g/mol. The topological polar surface area (TPSA) is 17.8 Å². The Kier molecular flexibility index (Phi) is 3.08. The molecule has 2 nitrogen and oxygen atoms in total. The van der Waals surface area contributed by atoms with Gasteiger partial charge in [0.2, 0.25) is 0 Å². The average Bonchev–Trinajstić information content (AvgIpc) is 2.86. The molecule has 19 heavy (non-hydrogen) atoms. The summed E-state index contributed by atoms with van der Waals surface area (Å²) in [6.45, 7) is 4.40. The van der Waals surface area contributed by atoms with E-state index in [1.807, 2.05) is 6.07 Å². The average molecular weight is 250 g/mol. The molecule has 0 amide bonds. The summed E-state index contributed by atoms with van der Waals surface area (Å²) in [4.78, 5) is 4.74. The van der Waals surface area contributed by atoms with Crippen molar-refractivity contribution >= 4 is 11.0 Å². The van der Waals surface area contributed by atoms with Crippen LogP contribution in [0, 0.1) is 0 Å². The zero-order chi connectivity index (χ0) is 13.2. The Morgan fingerprint density at radius 2 is 1.68 bits per heavy atom. The lowest BCUT2D eigenvalue weighted by molar-refractivity contribution is 0.623. The molecule has 96 valence electrons. The first-order valence-electron chi connectivity index (χ1n) is 6.82. The Bertz CT molecular complexity index is 683. The monoisotopic (exact) mass is 250 g/mol. The zero-order valence-electron chi connectivity index (χ0n) is 11.4. The molecule has 0 aliphatic carbocycles. The van der Waals surface area contributed by atoms with Crippen molar-refractivity contribution in [2.24, 2.45) is 0 Å². The van der Waals surface area contributed by atoms with E-state index in [1.165, 1.54) is 11.1 Å². The highest BCUT2D eigenvalue weighted by Gasteiger charge is 2.15. The van der Waals surface area contributed by atoms with E-state index in [0.29, 0.717) is 6.04 Å². The van der Waals surface area contributed by atoms with Gasteiger partial charge in [0.15, 0.2) is 0 Å². The molecule has 0 saturated heterocycles. The molecule has 0 unspecified atom stereocenters. The van der Waals surface area contributed by atoms with Crippen LogP contribution in [0.5, 0.6) is 0 Å². The maximum absolute atomic E-state index is 4.74. The lowest BCUT2D eigenvalue weighted by atomic mass is 10.1. The Morgan fingerprint density at radius 3 is 2.42 bits per heavy atom. The molecule has 3 aromatic rings. The van der Waals surface area contributed by atoms with Crippen molar-refractivity contribution in [3.05, 3.63) is 66.0 Å². The number of hydrogen-bond acceptors (Lipinski definition) is 1. The Labute approximate surface area is 113 Å². The van der Waals surface area contributed by atoms with Crippen LogP contribution >= 0.6 is 0 Å². The number of imidazole rings is 1. The summed E-state index contributed by atoms with van der Waals surface area (Å²) in [5.74, 6) is 1.15. The fourth-order valence-electron chi connectivity index (χ4n) is 2.66. The first-order chi connectivity index (χ1) is 9.31. The fourth-order valence-corrected chi connectivity index (χ4v) is 2.66. The molecule has 1 atom stereocenters. The van der Waals surface area contributed by atoms with Crippen LogP contribution in [0.2, 0.25) is 0 Å². The smallest absolute Gasteiger partial charge is 0.110 e. The summed E-state index contributed by atoms with van der Waals surface area (Å²) >= 11 is 0. The summed E-state index contributed by atoms with van der Waals surface area (Å²) in [6.07, 6.45) is 0.950. The first-order valence-corrected chi connectivity index (χ1v) is 6.82. The number of hydrogen-bond donors (Lipinski definition) is 0. The normalized spacial score (nSPS) is 12.7. The van der Waals surface area contributed by atoms with Crippen LogP contribution in [-0.4, -0.2) is 9.55 Å². The molecule has 0 bridgehead atoms. The number of aryl methyl sites for hydroxylation is 1. The lowest BCUT2D eigenvalue weighted by Crippen LogP contribution is -2.10. The number of aromatic nitrogens is 2. The minimum Gasteiger partial charge on any atom is -0.321 e. The van der Waals surface area contributed by atoms with Crippen molar-refractivity contribution in [2.75, 3.05) is 0 Å². The standard InChI is InChI=1S/C17H18N2/c1-3-17-18-15-11-7-8-12-16(15)19(17)13(2)14-9-5-4-6-10-14/h4-13H,3H2,1-2H3/t13-/m1/s1. The first kappa shape index (κ1) is 12.0. The van der Waals surface area contributed by atoms with E-state index < -0.39 is 0 Å². The highest BCUT2D eigenvalue weighted by atomic mass is 15.1. The Hall–Kier alpha value is -2.09. The van der Waals surface area contributed by atoms with E-state index in [0.717, 1.165) is 17.8 Å². The van der Waals surface area contributed by atoms with Gasteiger partial charge in [-0.1, -0.05) is 49.4 Å². The minimum atomic E-state index is 0.309. The van der Waals surface area contributed by atoms with Gasteiger partial charge in [-0.25, -0.2) is 4.98 Å². The molecule has 0 aliphatic heterocycles. The minimum absolute atomic E-state index is 0.309. The van der Waals surface area contributed by atoms with Crippen molar-refractivity contribution in [2.45, 2.75) is 26.3 Å². The van der Waals surface area contributed by atoms with Crippen LogP contribution in [0.4, 0.5) is 0 Å². The van der Waals surface area contributed by atoms with Gasteiger partial charge in [-0.3, -0.25) is 0 Å². The van der Waals surface area contributed by atoms with Crippen LogP contribution in [-0.2, 0) is 6.42 Å². The van der Waals surface area contributed by atoms with E-state index in [-0.39, 0.29) is 0 Å². The second-order valence-electron chi connectivity index (χ2n) is 4.83. The molecule has 2 aromatic carbocycles. The number of rotatable bonds is 3. The van der Waals surface area contributed by atoms with E-state index >= 15 is 0 Å². The molecule has 0 spiro atoms. The fraction of sp³-hybridized carbons (Fsp3) is 0.235. The molecule has 0 aliphatic rings. The quantitative estimate of drug-likeness (QED) is 0.681. The predicted octanol–water partition coefficient (Wildman–Crippen LogP) is 4.21. The Balaban J connectivity index is 2.18. The van der Waals surface area contributed by atoms with E-state index in [1.54, 1.807) is 0 Å². The summed E-state index contributed by atoms with van der Waals surface area (Å²) in [5.41, 5.74) is 3.62. The van der Waals surface area contributed by atoms with Crippen molar-refractivity contribution in [1.29, 1.82) is 0 Å². The van der Waals surface area contributed by atoms with E-state index in [9.17, 15) is 0 Å². The van der Waals surface area contributed by atoms with Crippen molar-refractivity contribution in [3.63, 3.8) is 0 Å². The molecule has 0 saturated carbocycles. The van der Waals surface area contributed by atoms with E-state index in [2.05, 4.69) is 66.9 Å². The molecular formula is C17H18N2. The third-order valence-electron chi connectivity index (χ3n) is 3.65. The molecule has 0 radical (unpaired) electrons. The van der Waals surface area contributed by atoms with Gasteiger partial charge in [-0.2, -0.15) is 0 Å². The number of fused-ring (bicyclic) bond motifs is 1. The molecule has 1 aromatic heterocycles. The van der Waals surface area contributed by atoms with Gasteiger partial charge in [0.1, 0.15) is 5.82 Å². The molecule has 3 rings (SSSR count). The van der Waals surface area contributed by atoms with Crippen LogP contribution < -0.4 is 0 Å². The summed E-state index contributed by atoms with van der Waals surface area (Å²) in [7, 11) is 0. The van der Waals surface area contributed by atoms with Gasteiger partial charge in [-0.15, -0.1) is 0 Å². The van der Waals surface area contributed by atoms with Crippen molar-refractivity contribution in [1.82, 2.24) is 9.55 Å². The second kappa shape index (κ2) is 4.88. The summed E-state index contributed by atoms with van der Waals surface area (Å²) in [5, 5.41) is 0. The van der Waals surface area contributed by atoms with Gasteiger partial charge in [0.25, 0.3) is 0 Å². The maximum atomic E-state index is 4.74. The van der Waals surface area contributed by atoms with Crippen LogP contribution in [0.25, 0.3) is 11.0 Å². The third-order valence-corrected chi connectivity index (χ3v) is 3.65. The largest absolute Gasteiger partial charge is 0.321 e. The summed E-state index contributed by atoms with van der Waals surface area (Å²) < 4.78 is 2.35. The van der Waals surface area contributed by atoms with Crippen LogP contribution in [0.15, 0.2) is 54.6 Å². The SMILES string of the molecule is CCc1nc2ccccc2n1[C@H](C)c1ccccc1. The second-order valence-corrected chi connectivity index (χ2v) is 4.83. The lowest BCUT2D eigenvalue weighted by Gasteiger charge is -2.17. The van der Waals surface area contributed by atoms with Crippen molar-refractivity contribution in [3.8, 4) is 0 Å². The van der Waals surface area contributed by atoms with Gasteiger partial charge in [-0.05, 0) is 24.6 Å². The number of nitrogens with zero attached hydrogens (tertiary/aromatic N) is 2. The molecule has 2 heteroatoms. The van der Waals surface area contributed by atoms with Crippen molar-refractivity contribution < 1.29 is 0 Å².